The number of hydrogen-bond donors (Lipinski definition) is 1. The van der Waals surface area contributed by atoms with Crippen LogP contribution in [0.5, 0.6) is 11.8 Å². The molecule has 0 unspecified atom stereocenters. The number of aromatic nitrogens is 3. The monoisotopic (exact) mass is 270 g/mol. The van der Waals surface area contributed by atoms with E-state index in [4.69, 9.17) is 9.29 Å². The predicted molar refractivity (Wildman–Crippen MR) is 55.0 cm³/mol. The van der Waals surface area contributed by atoms with Crippen molar-refractivity contribution in [2.24, 2.45) is 0 Å². The van der Waals surface area contributed by atoms with E-state index in [9.17, 15) is 12.8 Å². The van der Waals surface area contributed by atoms with E-state index in [1.54, 1.807) is 0 Å². The van der Waals surface area contributed by atoms with Gasteiger partial charge in [0.2, 0.25) is 6.33 Å². The van der Waals surface area contributed by atoms with Gasteiger partial charge in [-0.05, 0) is 24.3 Å². The first-order valence-corrected chi connectivity index (χ1v) is 5.92. The smallest absolute Gasteiger partial charge is 0.328 e. The Hall–Kier alpha value is -2.13. The minimum atomic E-state index is -4.26. The molecule has 0 amide bonds. The summed E-state index contributed by atoms with van der Waals surface area (Å²) in [7, 11) is -4.26. The molecule has 0 fully saturated rings. The first-order chi connectivity index (χ1) is 8.45. The van der Waals surface area contributed by atoms with Crippen LogP contribution >= 0.6 is 0 Å². The molecular weight excluding hydrogens is 265 g/mol. The van der Waals surface area contributed by atoms with Crippen molar-refractivity contribution >= 4 is 10.1 Å². The van der Waals surface area contributed by atoms with Crippen LogP contribution in [0.1, 0.15) is 0 Å². The van der Waals surface area contributed by atoms with E-state index in [2.05, 4.69) is 15.0 Å². The van der Waals surface area contributed by atoms with Crippen molar-refractivity contribution in [1.29, 1.82) is 0 Å². The Morgan fingerprint density at radius 3 is 2.44 bits per heavy atom. The highest BCUT2D eigenvalue weighted by Crippen LogP contribution is 2.19. The molecule has 0 saturated carbocycles. The van der Waals surface area contributed by atoms with Crippen molar-refractivity contribution in [1.82, 2.24) is 15.0 Å². The highest BCUT2D eigenvalue weighted by Gasteiger charge is 2.09. The molecular formula is C9H5FN3O4S. The molecule has 2 rings (SSSR count). The second-order valence-electron chi connectivity index (χ2n) is 3.04. The van der Waals surface area contributed by atoms with Gasteiger partial charge in [0.25, 0.3) is 10.1 Å². The van der Waals surface area contributed by atoms with E-state index in [-0.39, 0.29) is 16.7 Å². The van der Waals surface area contributed by atoms with Crippen LogP contribution in [0.4, 0.5) is 4.39 Å². The van der Waals surface area contributed by atoms with Crippen molar-refractivity contribution in [2.45, 2.75) is 4.90 Å². The van der Waals surface area contributed by atoms with Gasteiger partial charge in [-0.25, -0.2) is 0 Å². The van der Waals surface area contributed by atoms with Gasteiger partial charge < -0.3 is 4.74 Å². The van der Waals surface area contributed by atoms with Gasteiger partial charge >= 0.3 is 12.1 Å². The minimum absolute atomic E-state index is 0.168. The van der Waals surface area contributed by atoms with E-state index in [0.29, 0.717) is 0 Å². The maximum absolute atomic E-state index is 12.6. The Morgan fingerprint density at radius 1 is 1.22 bits per heavy atom. The summed E-state index contributed by atoms with van der Waals surface area (Å²) >= 11 is 0. The summed E-state index contributed by atoms with van der Waals surface area (Å²) in [5, 5.41) is 0. The molecule has 0 atom stereocenters. The summed E-state index contributed by atoms with van der Waals surface area (Å²) < 4.78 is 47.9. The van der Waals surface area contributed by atoms with Crippen LogP contribution in [-0.4, -0.2) is 27.9 Å². The van der Waals surface area contributed by atoms with Crippen LogP contribution in [-0.2, 0) is 10.1 Å². The Bertz CT molecular complexity index is 660. The van der Waals surface area contributed by atoms with E-state index in [1.807, 2.05) is 6.33 Å². The molecule has 1 aromatic carbocycles. The summed E-state index contributed by atoms with van der Waals surface area (Å²) in [5.74, 6) is 0.168. The molecule has 93 valence electrons. The zero-order chi connectivity index (χ0) is 13.2. The average molecular weight is 270 g/mol. The lowest BCUT2D eigenvalue weighted by Crippen LogP contribution is -1.99. The summed E-state index contributed by atoms with van der Waals surface area (Å²) in [6.07, 6.45) is 0.940. The summed E-state index contributed by atoms with van der Waals surface area (Å²) in [5.41, 5.74) is 0. The molecule has 0 aliphatic rings. The number of nitrogens with zero attached hydrogens (tertiary/aromatic N) is 3. The Kier molecular flexibility index (Phi) is 3.17. The van der Waals surface area contributed by atoms with Crippen LogP contribution in [0.3, 0.4) is 0 Å². The summed E-state index contributed by atoms with van der Waals surface area (Å²) in [6.45, 7) is 0. The van der Waals surface area contributed by atoms with Crippen LogP contribution in [0.25, 0.3) is 0 Å². The van der Waals surface area contributed by atoms with Crippen molar-refractivity contribution in [3.05, 3.63) is 36.7 Å². The highest BCUT2D eigenvalue weighted by atomic mass is 32.2. The molecule has 2 aromatic rings. The molecule has 0 aliphatic heterocycles. The zero-order valence-corrected chi connectivity index (χ0v) is 9.43. The lowest BCUT2D eigenvalue weighted by Gasteiger charge is -2.03. The third-order valence-corrected chi connectivity index (χ3v) is 2.67. The molecule has 1 radical (unpaired) electrons. The normalized spacial score (nSPS) is 11.2. The quantitative estimate of drug-likeness (QED) is 0.824. The average Bonchev–Trinajstić information content (AvgIpc) is 2.28. The number of ether oxygens (including phenoxy) is 1. The topological polar surface area (TPSA) is 102 Å². The fraction of sp³-hybridized carbons (Fsp3) is 0. The zero-order valence-electron chi connectivity index (χ0n) is 8.61. The van der Waals surface area contributed by atoms with Gasteiger partial charge in [0.05, 0.1) is 4.90 Å². The van der Waals surface area contributed by atoms with Gasteiger partial charge in [-0.3, -0.25) is 4.55 Å². The van der Waals surface area contributed by atoms with E-state index < -0.39 is 16.2 Å². The minimum Gasteiger partial charge on any atom is -0.424 e. The first-order valence-electron chi connectivity index (χ1n) is 4.48. The van der Waals surface area contributed by atoms with Gasteiger partial charge in [-0.2, -0.15) is 22.8 Å². The van der Waals surface area contributed by atoms with E-state index >= 15 is 0 Å². The fourth-order valence-corrected chi connectivity index (χ4v) is 1.55. The van der Waals surface area contributed by atoms with Crippen molar-refractivity contribution < 1.29 is 22.1 Å². The standard InChI is InChI=1S/C9H5FN3O4S/c10-8-11-5-12-9(13-8)17-6-1-3-7(4-2-6)18(14,15)16/h1-4H,(H,14,15,16). The van der Waals surface area contributed by atoms with Gasteiger partial charge in [0, 0.05) is 0 Å². The molecule has 0 aliphatic carbocycles. The number of rotatable bonds is 3. The maximum Gasteiger partial charge on any atom is 0.328 e. The summed E-state index contributed by atoms with van der Waals surface area (Å²) in [6, 6.07) is 4.43. The second kappa shape index (κ2) is 4.63. The maximum atomic E-state index is 12.6. The van der Waals surface area contributed by atoms with Crippen LogP contribution in [0.15, 0.2) is 29.2 Å². The Morgan fingerprint density at radius 2 is 1.89 bits per heavy atom. The van der Waals surface area contributed by atoms with Crippen molar-refractivity contribution in [2.75, 3.05) is 0 Å². The molecule has 1 heterocycles. The first kappa shape index (κ1) is 12.3. The van der Waals surface area contributed by atoms with Gasteiger partial charge in [0.15, 0.2) is 0 Å². The molecule has 18 heavy (non-hydrogen) atoms. The van der Waals surface area contributed by atoms with Crippen LogP contribution in [0, 0.1) is 12.4 Å². The predicted octanol–water partition coefficient (Wildman–Crippen LogP) is 0.850. The third-order valence-electron chi connectivity index (χ3n) is 1.81. The SMILES string of the molecule is O=S(=O)(O)c1ccc(Oc2n[c]nc(F)n2)cc1. The number of halogens is 1. The number of benzene rings is 1. The molecule has 9 heteroatoms. The van der Waals surface area contributed by atoms with Crippen molar-refractivity contribution in [3.8, 4) is 11.8 Å². The summed E-state index contributed by atoms with van der Waals surface area (Å²) in [4.78, 5) is 9.39. The fourth-order valence-electron chi connectivity index (χ4n) is 1.07. The Balaban J connectivity index is 2.21. The van der Waals surface area contributed by atoms with Crippen molar-refractivity contribution in [3.63, 3.8) is 0 Å². The van der Waals surface area contributed by atoms with Crippen LogP contribution < -0.4 is 4.74 Å². The Labute approximate surface area is 101 Å². The lowest BCUT2D eigenvalue weighted by atomic mass is 10.3. The van der Waals surface area contributed by atoms with Crippen LogP contribution in [0.2, 0.25) is 0 Å². The molecule has 1 aromatic heterocycles. The van der Waals surface area contributed by atoms with E-state index in [1.165, 1.54) is 12.1 Å². The second-order valence-corrected chi connectivity index (χ2v) is 4.46. The molecule has 1 N–H and O–H groups in total. The molecule has 0 saturated heterocycles. The van der Waals surface area contributed by atoms with Gasteiger partial charge in [-0.1, -0.05) is 0 Å². The molecule has 0 spiro atoms. The largest absolute Gasteiger partial charge is 0.424 e. The third kappa shape index (κ3) is 2.96. The highest BCUT2D eigenvalue weighted by molar-refractivity contribution is 7.85. The molecule has 0 bridgehead atoms. The van der Waals surface area contributed by atoms with Gasteiger partial charge in [0.1, 0.15) is 5.75 Å². The number of hydrogen-bond acceptors (Lipinski definition) is 6. The van der Waals surface area contributed by atoms with E-state index in [0.717, 1.165) is 12.1 Å². The molecule has 7 nitrogen and oxygen atoms in total. The lowest BCUT2D eigenvalue weighted by molar-refractivity contribution is 0.411. The van der Waals surface area contributed by atoms with Gasteiger partial charge in [-0.15, -0.1) is 4.98 Å².